The van der Waals surface area contributed by atoms with Crippen LogP contribution < -0.4 is 10.1 Å². The van der Waals surface area contributed by atoms with Gasteiger partial charge in [0.25, 0.3) is 5.95 Å². The van der Waals surface area contributed by atoms with Gasteiger partial charge in [0.2, 0.25) is 5.95 Å². The zero-order valence-corrected chi connectivity index (χ0v) is 11.9. The molecule has 2 rings (SSSR count). The van der Waals surface area contributed by atoms with Gasteiger partial charge in [-0.05, 0) is 26.6 Å². The van der Waals surface area contributed by atoms with E-state index in [-0.39, 0.29) is 0 Å². The molecule has 0 atom stereocenters. The Morgan fingerprint density at radius 3 is 2.80 bits per heavy atom. The van der Waals surface area contributed by atoms with Crippen LogP contribution in [0.25, 0.3) is 5.95 Å². The number of aromatic nitrogens is 5. The van der Waals surface area contributed by atoms with Gasteiger partial charge < -0.3 is 15.0 Å². The fourth-order valence-corrected chi connectivity index (χ4v) is 1.56. The van der Waals surface area contributed by atoms with Gasteiger partial charge in [0, 0.05) is 26.0 Å². The fraction of sp³-hybridized carbons (Fsp3) is 0.500. The summed E-state index contributed by atoms with van der Waals surface area (Å²) >= 11 is 0. The molecule has 8 heteroatoms. The molecule has 20 heavy (non-hydrogen) atoms. The lowest BCUT2D eigenvalue weighted by molar-refractivity contribution is 0.263. The summed E-state index contributed by atoms with van der Waals surface area (Å²) in [5.41, 5.74) is 0. The van der Waals surface area contributed by atoms with Gasteiger partial charge in [-0.2, -0.15) is 20.1 Å². The van der Waals surface area contributed by atoms with Gasteiger partial charge in [-0.3, -0.25) is 0 Å². The second-order valence-corrected chi connectivity index (χ2v) is 4.45. The predicted molar refractivity (Wildman–Crippen MR) is 75.2 cm³/mol. The van der Waals surface area contributed by atoms with E-state index in [1.54, 1.807) is 30.2 Å². The molecule has 0 unspecified atom stereocenters. The number of nitrogens with one attached hydrogen (secondary N) is 1. The molecule has 0 bridgehead atoms. The number of ether oxygens (including phenoxy) is 1. The van der Waals surface area contributed by atoms with E-state index in [0.29, 0.717) is 24.5 Å². The Morgan fingerprint density at radius 2 is 2.15 bits per heavy atom. The van der Waals surface area contributed by atoms with E-state index in [2.05, 4.69) is 30.3 Å². The molecule has 1 N–H and O–H groups in total. The van der Waals surface area contributed by atoms with Gasteiger partial charge in [0.05, 0.1) is 6.61 Å². The van der Waals surface area contributed by atoms with Crippen LogP contribution in [0.3, 0.4) is 0 Å². The molecule has 0 saturated heterocycles. The number of hydrogen-bond donors (Lipinski definition) is 1. The zero-order chi connectivity index (χ0) is 14.4. The molecule has 0 saturated carbocycles. The van der Waals surface area contributed by atoms with Gasteiger partial charge in [0.15, 0.2) is 0 Å². The van der Waals surface area contributed by atoms with Crippen LogP contribution in [0.2, 0.25) is 0 Å². The van der Waals surface area contributed by atoms with Crippen LogP contribution in [0.15, 0.2) is 18.5 Å². The summed E-state index contributed by atoms with van der Waals surface area (Å²) in [5, 5.41) is 6.98. The standard InChI is InChI=1S/C12H19N7O/c1-13-10-15-11(19-8-4-6-14-19)17-12(16-10)20-9-5-7-18(2)3/h4,6,8H,5,7,9H2,1-3H3,(H,13,15,16,17). The number of hydrogen-bond acceptors (Lipinski definition) is 7. The molecular formula is C12H19N7O. The average molecular weight is 277 g/mol. The Hall–Kier alpha value is -2.22. The van der Waals surface area contributed by atoms with Gasteiger partial charge in [0.1, 0.15) is 0 Å². The Labute approximate surface area is 117 Å². The van der Waals surface area contributed by atoms with Crippen LogP contribution in [0.5, 0.6) is 6.01 Å². The molecule has 0 aliphatic rings. The lowest BCUT2D eigenvalue weighted by Crippen LogP contribution is -2.16. The van der Waals surface area contributed by atoms with Gasteiger partial charge in [-0.1, -0.05) is 0 Å². The molecular weight excluding hydrogens is 258 g/mol. The highest BCUT2D eigenvalue weighted by Crippen LogP contribution is 2.10. The molecule has 8 nitrogen and oxygen atoms in total. The lowest BCUT2D eigenvalue weighted by atomic mass is 10.4. The van der Waals surface area contributed by atoms with Crippen LogP contribution in [0.4, 0.5) is 5.95 Å². The average Bonchev–Trinajstić information content (AvgIpc) is 2.97. The molecule has 2 heterocycles. The zero-order valence-electron chi connectivity index (χ0n) is 11.9. The first-order valence-corrected chi connectivity index (χ1v) is 6.40. The number of anilines is 1. The van der Waals surface area contributed by atoms with Crippen molar-refractivity contribution >= 4 is 5.95 Å². The number of nitrogens with zero attached hydrogens (tertiary/aromatic N) is 6. The highest BCUT2D eigenvalue weighted by molar-refractivity contribution is 5.28. The minimum absolute atomic E-state index is 0.300. The van der Waals surface area contributed by atoms with Crippen molar-refractivity contribution in [1.82, 2.24) is 29.6 Å². The van der Waals surface area contributed by atoms with Gasteiger partial charge in [-0.25, -0.2) is 4.68 Å². The van der Waals surface area contributed by atoms with E-state index < -0.39 is 0 Å². The first kappa shape index (κ1) is 14.2. The van der Waals surface area contributed by atoms with Crippen molar-refractivity contribution in [3.05, 3.63) is 18.5 Å². The molecule has 2 aromatic heterocycles. The van der Waals surface area contributed by atoms with E-state index in [4.69, 9.17) is 4.74 Å². The maximum Gasteiger partial charge on any atom is 0.323 e. The second-order valence-electron chi connectivity index (χ2n) is 4.45. The van der Waals surface area contributed by atoms with Crippen LogP contribution in [0.1, 0.15) is 6.42 Å². The quantitative estimate of drug-likeness (QED) is 0.735. The van der Waals surface area contributed by atoms with E-state index in [0.717, 1.165) is 13.0 Å². The summed E-state index contributed by atoms with van der Waals surface area (Å²) in [6, 6.07) is 2.11. The van der Waals surface area contributed by atoms with Crippen LogP contribution >= 0.6 is 0 Å². The molecule has 0 aliphatic carbocycles. The molecule has 0 radical (unpaired) electrons. The maximum atomic E-state index is 5.57. The van der Waals surface area contributed by atoms with E-state index >= 15 is 0 Å². The van der Waals surface area contributed by atoms with Crippen LogP contribution in [-0.2, 0) is 0 Å². The minimum Gasteiger partial charge on any atom is -0.463 e. The predicted octanol–water partition coefficient (Wildman–Crippen LogP) is 0.429. The molecule has 0 spiro atoms. The van der Waals surface area contributed by atoms with Crippen LogP contribution in [0, 0.1) is 0 Å². The van der Waals surface area contributed by atoms with Crippen molar-refractivity contribution in [2.24, 2.45) is 0 Å². The first-order valence-electron chi connectivity index (χ1n) is 6.40. The topological polar surface area (TPSA) is 81.0 Å². The highest BCUT2D eigenvalue weighted by Gasteiger charge is 2.08. The highest BCUT2D eigenvalue weighted by atomic mass is 16.5. The molecule has 2 aromatic rings. The molecule has 0 aromatic carbocycles. The molecule has 0 amide bonds. The van der Waals surface area contributed by atoms with Crippen molar-refractivity contribution < 1.29 is 4.74 Å². The summed E-state index contributed by atoms with van der Waals surface area (Å²) in [4.78, 5) is 14.7. The third-order valence-electron chi connectivity index (χ3n) is 2.52. The van der Waals surface area contributed by atoms with Crippen molar-refractivity contribution in [1.29, 1.82) is 0 Å². The third-order valence-corrected chi connectivity index (χ3v) is 2.52. The summed E-state index contributed by atoms with van der Waals surface area (Å²) in [5.74, 6) is 0.880. The largest absolute Gasteiger partial charge is 0.463 e. The summed E-state index contributed by atoms with van der Waals surface area (Å²) in [6.45, 7) is 1.51. The lowest BCUT2D eigenvalue weighted by Gasteiger charge is -2.10. The Morgan fingerprint density at radius 1 is 1.30 bits per heavy atom. The SMILES string of the molecule is CNc1nc(OCCCN(C)C)nc(-n2cccn2)n1. The van der Waals surface area contributed by atoms with Gasteiger partial charge in [-0.15, -0.1) is 0 Å². The molecule has 0 aliphatic heterocycles. The second kappa shape index (κ2) is 6.80. The van der Waals surface area contributed by atoms with Crippen LogP contribution in [-0.4, -0.2) is 63.9 Å². The van der Waals surface area contributed by atoms with Crippen molar-refractivity contribution in [3.63, 3.8) is 0 Å². The third kappa shape index (κ3) is 3.89. The van der Waals surface area contributed by atoms with Crippen molar-refractivity contribution in [3.8, 4) is 12.0 Å². The Bertz CT molecular complexity index is 527. The van der Waals surface area contributed by atoms with Gasteiger partial charge >= 0.3 is 6.01 Å². The Kier molecular flexibility index (Phi) is 4.83. The molecule has 108 valence electrons. The van der Waals surface area contributed by atoms with E-state index in [1.165, 1.54) is 0 Å². The Balaban J connectivity index is 2.06. The normalized spacial score (nSPS) is 10.8. The van der Waals surface area contributed by atoms with E-state index in [9.17, 15) is 0 Å². The number of rotatable bonds is 7. The summed E-state index contributed by atoms with van der Waals surface area (Å²) < 4.78 is 7.13. The molecule has 0 fully saturated rings. The maximum absolute atomic E-state index is 5.57. The summed E-state index contributed by atoms with van der Waals surface area (Å²) in [6.07, 6.45) is 4.34. The van der Waals surface area contributed by atoms with Crippen molar-refractivity contribution in [2.45, 2.75) is 6.42 Å². The monoisotopic (exact) mass is 277 g/mol. The summed E-state index contributed by atoms with van der Waals surface area (Å²) in [7, 11) is 5.80. The van der Waals surface area contributed by atoms with E-state index in [1.807, 2.05) is 14.1 Å². The van der Waals surface area contributed by atoms with Crippen molar-refractivity contribution in [2.75, 3.05) is 39.6 Å². The minimum atomic E-state index is 0.300. The smallest absolute Gasteiger partial charge is 0.323 e. The fourth-order valence-electron chi connectivity index (χ4n) is 1.56. The first-order chi connectivity index (χ1) is 9.69.